The second-order valence-electron chi connectivity index (χ2n) is 5.56. The van der Waals surface area contributed by atoms with Crippen LogP contribution in [0.2, 0.25) is 0 Å². The molecule has 0 aliphatic heterocycles. The molecular formula is C17H18BrNO. The summed E-state index contributed by atoms with van der Waals surface area (Å²) in [6, 6.07) is 14.4. The zero-order chi connectivity index (χ0) is 14.0. The van der Waals surface area contributed by atoms with Crippen LogP contribution in [-0.4, -0.2) is 16.2 Å². The van der Waals surface area contributed by atoms with Crippen LogP contribution in [0.1, 0.15) is 30.5 Å². The van der Waals surface area contributed by atoms with Gasteiger partial charge in [0, 0.05) is 28.2 Å². The van der Waals surface area contributed by atoms with Gasteiger partial charge in [0.05, 0.1) is 6.10 Å². The van der Waals surface area contributed by atoms with Crippen molar-refractivity contribution in [3.05, 3.63) is 64.4 Å². The smallest absolute Gasteiger partial charge is 0.0692 e. The zero-order valence-electron chi connectivity index (χ0n) is 11.3. The van der Waals surface area contributed by atoms with E-state index in [2.05, 4.69) is 45.2 Å². The maximum Gasteiger partial charge on any atom is 0.0692 e. The maximum absolute atomic E-state index is 10.7. The molecule has 2 nitrogen and oxygen atoms in total. The lowest BCUT2D eigenvalue weighted by atomic mass is 9.60. The molecule has 1 atom stereocenters. The highest BCUT2D eigenvalue weighted by Crippen LogP contribution is 2.47. The van der Waals surface area contributed by atoms with E-state index in [0.717, 1.165) is 23.0 Å². The number of benzene rings is 1. The third-order valence-corrected chi connectivity index (χ3v) is 4.89. The van der Waals surface area contributed by atoms with Gasteiger partial charge in [-0.05, 0) is 46.5 Å². The Morgan fingerprint density at radius 2 is 1.90 bits per heavy atom. The largest absolute Gasteiger partial charge is 0.392 e. The molecule has 0 radical (unpaired) electrons. The molecule has 3 heteroatoms. The Balaban J connectivity index is 1.81. The number of pyridine rings is 1. The molecule has 104 valence electrons. The molecule has 1 aromatic carbocycles. The topological polar surface area (TPSA) is 33.1 Å². The SMILES string of the molecule is OC(Cc1ccc(Br)cn1)C1(c2ccccc2)CCC1. The van der Waals surface area contributed by atoms with Crippen molar-refractivity contribution in [3.8, 4) is 0 Å². The molecule has 3 rings (SSSR count). The Morgan fingerprint density at radius 3 is 2.45 bits per heavy atom. The van der Waals surface area contributed by atoms with E-state index in [1.807, 2.05) is 18.2 Å². The van der Waals surface area contributed by atoms with Gasteiger partial charge < -0.3 is 5.11 Å². The minimum Gasteiger partial charge on any atom is -0.392 e. The van der Waals surface area contributed by atoms with E-state index in [0.29, 0.717) is 6.42 Å². The van der Waals surface area contributed by atoms with E-state index < -0.39 is 0 Å². The van der Waals surface area contributed by atoms with Gasteiger partial charge in [-0.15, -0.1) is 0 Å². The molecule has 0 bridgehead atoms. The quantitative estimate of drug-likeness (QED) is 0.922. The summed E-state index contributed by atoms with van der Waals surface area (Å²) >= 11 is 3.39. The predicted octanol–water partition coefficient (Wildman–Crippen LogP) is 3.87. The van der Waals surface area contributed by atoms with Crippen LogP contribution in [0.25, 0.3) is 0 Å². The van der Waals surface area contributed by atoms with Gasteiger partial charge in [-0.25, -0.2) is 0 Å². The van der Waals surface area contributed by atoms with Gasteiger partial charge in [-0.1, -0.05) is 36.8 Å². The Morgan fingerprint density at radius 1 is 1.15 bits per heavy atom. The summed E-state index contributed by atoms with van der Waals surface area (Å²) in [7, 11) is 0. The van der Waals surface area contributed by atoms with Crippen LogP contribution in [0.5, 0.6) is 0 Å². The molecule has 1 aliphatic rings. The first-order chi connectivity index (χ1) is 9.71. The Kier molecular flexibility index (Phi) is 3.90. The summed E-state index contributed by atoms with van der Waals surface area (Å²) in [6.45, 7) is 0. The second-order valence-corrected chi connectivity index (χ2v) is 6.48. The normalized spacial score (nSPS) is 18.3. The summed E-state index contributed by atoms with van der Waals surface area (Å²) in [5.41, 5.74) is 2.13. The van der Waals surface area contributed by atoms with Gasteiger partial charge >= 0.3 is 0 Å². The standard InChI is InChI=1S/C17H18BrNO/c18-14-7-8-15(19-12-14)11-16(20)17(9-4-10-17)13-5-2-1-3-6-13/h1-3,5-8,12,16,20H,4,9-11H2. The summed E-state index contributed by atoms with van der Waals surface area (Å²) < 4.78 is 0.970. The molecule has 1 heterocycles. The average Bonchev–Trinajstić information content (AvgIpc) is 2.41. The molecule has 0 spiro atoms. The third-order valence-electron chi connectivity index (χ3n) is 4.42. The van der Waals surface area contributed by atoms with Crippen LogP contribution in [0.3, 0.4) is 0 Å². The van der Waals surface area contributed by atoms with Crippen molar-refractivity contribution in [2.24, 2.45) is 0 Å². The van der Waals surface area contributed by atoms with Crippen molar-refractivity contribution in [2.45, 2.75) is 37.2 Å². The molecule has 0 saturated heterocycles. The fraction of sp³-hybridized carbons (Fsp3) is 0.353. The fourth-order valence-corrected chi connectivity index (χ4v) is 3.30. The summed E-state index contributed by atoms with van der Waals surface area (Å²) in [4.78, 5) is 4.38. The molecule has 1 N–H and O–H groups in total. The molecule has 1 aliphatic carbocycles. The van der Waals surface area contributed by atoms with Crippen LogP contribution in [0.4, 0.5) is 0 Å². The number of rotatable bonds is 4. The summed E-state index contributed by atoms with van der Waals surface area (Å²) in [5.74, 6) is 0. The first kappa shape index (κ1) is 13.8. The molecule has 1 aromatic heterocycles. The van der Waals surface area contributed by atoms with Gasteiger partial charge in [-0.2, -0.15) is 0 Å². The summed E-state index contributed by atoms with van der Waals surface area (Å²) in [5, 5.41) is 10.7. The minimum atomic E-state index is -0.368. The van der Waals surface area contributed by atoms with E-state index in [9.17, 15) is 5.11 Å². The van der Waals surface area contributed by atoms with Gasteiger partial charge in [0.15, 0.2) is 0 Å². The number of hydrogen-bond donors (Lipinski definition) is 1. The van der Waals surface area contributed by atoms with Gasteiger partial charge in [-0.3, -0.25) is 4.98 Å². The predicted molar refractivity (Wildman–Crippen MR) is 83.6 cm³/mol. The monoisotopic (exact) mass is 331 g/mol. The molecular weight excluding hydrogens is 314 g/mol. The van der Waals surface area contributed by atoms with Crippen LogP contribution in [0.15, 0.2) is 53.1 Å². The third kappa shape index (κ3) is 2.52. The van der Waals surface area contributed by atoms with E-state index in [-0.39, 0.29) is 11.5 Å². The van der Waals surface area contributed by atoms with Crippen LogP contribution in [-0.2, 0) is 11.8 Å². The highest BCUT2D eigenvalue weighted by molar-refractivity contribution is 9.10. The first-order valence-corrected chi connectivity index (χ1v) is 7.84. The van der Waals surface area contributed by atoms with E-state index in [1.165, 1.54) is 12.0 Å². The Hall–Kier alpha value is -1.19. The number of aromatic nitrogens is 1. The number of aliphatic hydroxyl groups is 1. The minimum absolute atomic E-state index is 0.0734. The molecule has 1 saturated carbocycles. The molecule has 0 amide bonds. The number of halogens is 1. The summed E-state index contributed by atoms with van der Waals surface area (Å²) in [6.07, 6.45) is 5.36. The van der Waals surface area contributed by atoms with Gasteiger partial charge in [0.25, 0.3) is 0 Å². The highest BCUT2D eigenvalue weighted by atomic mass is 79.9. The Labute approximate surface area is 128 Å². The molecule has 1 fully saturated rings. The average molecular weight is 332 g/mol. The first-order valence-electron chi connectivity index (χ1n) is 7.05. The molecule has 2 aromatic rings. The number of aliphatic hydroxyl groups excluding tert-OH is 1. The van der Waals surface area contributed by atoms with Crippen LogP contribution >= 0.6 is 15.9 Å². The lowest BCUT2D eigenvalue weighted by Crippen LogP contribution is -2.46. The lowest BCUT2D eigenvalue weighted by molar-refractivity contribution is 0.0279. The van der Waals surface area contributed by atoms with Crippen LogP contribution in [0, 0.1) is 0 Å². The van der Waals surface area contributed by atoms with Crippen molar-refractivity contribution < 1.29 is 5.11 Å². The van der Waals surface area contributed by atoms with Crippen molar-refractivity contribution in [1.29, 1.82) is 0 Å². The maximum atomic E-state index is 10.7. The highest BCUT2D eigenvalue weighted by Gasteiger charge is 2.44. The van der Waals surface area contributed by atoms with Crippen molar-refractivity contribution >= 4 is 15.9 Å². The van der Waals surface area contributed by atoms with Crippen molar-refractivity contribution in [1.82, 2.24) is 4.98 Å². The number of hydrogen-bond acceptors (Lipinski definition) is 2. The van der Waals surface area contributed by atoms with Crippen molar-refractivity contribution in [3.63, 3.8) is 0 Å². The van der Waals surface area contributed by atoms with Gasteiger partial charge in [0.2, 0.25) is 0 Å². The molecule has 1 unspecified atom stereocenters. The van der Waals surface area contributed by atoms with E-state index >= 15 is 0 Å². The lowest BCUT2D eigenvalue weighted by Gasteiger charge is -2.46. The molecule has 20 heavy (non-hydrogen) atoms. The van der Waals surface area contributed by atoms with Gasteiger partial charge in [0.1, 0.15) is 0 Å². The van der Waals surface area contributed by atoms with Crippen LogP contribution < -0.4 is 0 Å². The van der Waals surface area contributed by atoms with E-state index in [4.69, 9.17) is 0 Å². The fourth-order valence-electron chi connectivity index (χ4n) is 3.06. The van der Waals surface area contributed by atoms with Crippen molar-refractivity contribution in [2.75, 3.05) is 0 Å². The number of nitrogens with zero attached hydrogens (tertiary/aromatic N) is 1. The zero-order valence-corrected chi connectivity index (χ0v) is 12.9. The Bertz CT molecular complexity index is 563. The van der Waals surface area contributed by atoms with E-state index in [1.54, 1.807) is 6.20 Å². The second kappa shape index (κ2) is 5.66.